The molecule has 0 radical (unpaired) electrons. The van der Waals surface area contributed by atoms with Crippen LogP contribution in [-0.2, 0) is 20.9 Å². The molecule has 2 unspecified atom stereocenters. The number of carbonyl (C=O) groups excluding carboxylic acids is 2. The smallest absolute Gasteiger partial charge is 0.337 e. The van der Waals surface area contributed by atoms with Crippen molar-refractivity contribution in [2.24, 2.45) is 0 Å². The molecule has 1 aliphatic heterocycles. The van der Waals surface area contributed by atoms with Crippen molar-refractivity contribution in [1.29, 1.82) is 0 Å². The number of carbonyl (C=O) groups is 2. The van der Waals surface area contributed by atoms with Gasteiger partial charge < -0.3 is 24.3 Å². The van der Waals surface area contributed by atoms with Crippen LogP contribution in [0.5, 0.6) is 17.2 Å². The van der Waals surface area contributed by atoms with E-state index in [1.54, 1.807) is 14.2 Å². The number of hydrogen-bond donors (Lipinski definition) is 1. The predicted molar refractivity (Wildman–Crippen MR) is 161 cm³/mol. The van der Waals surface area contributed by atoms with Gasteiger partial charge in [0.05, 0.1) is 25.9 Å². The van der Waals surface area contributed by atoms with Gasteiger partial charge in [-0.05, 0) is 74.1 Å². The van der Waals surface area contributed by atoms with E-state index in [1.807, 2.05) is 93.6 Å². The second-order valence-corrected chi connectivity index (χ2v) is 10.9. The molecule has 0 fully saturated rings. The van der Waals surface area contributed by atoms with E-state index in [-0.39, 0.29) is 17.8 Å². The van der Waals surface area contributed by atoms with Crippen molar-refractivity contribution in [3.05, 3.63) is 112 Å². The highest BCUT2D eigenvalue weighted by Crippen LogP contribution is 2.47. The van der Waals surface area contributed by atoms with E-state index in [2.05, 4.69) is 5.32 Å². The highest BCUT2D eigenvalue weighted by atomic mass is 16.5. The lowest BCUT2D eigenvalue weighted by Gasteiger charge is -2.37. The van der Waals surface area contributed by atoms with Crippen LogP contribution in [0.2, 0.25) is 0 Å². The second kappa shape index (κ2) is 12.6. The van der Waals surface area contributed by atoms with Crippen molar-refractivity contribution in [3.8, 4) is 17.2 Å². The zero-order chi connectivity index (χ0) is 29.8. The van der Waals surface area contributed by atoms with Crippen LogP contribution >= 0.6 is 0 Å². The molecule has 7 heteroatoms. The van der Waals surface area contributed by atoms with Gasteiger partial charge in [0, 0.05) is 29.3 Å². The van der Waals surface area contributed by atoms with Crippen LogP contribution in [0.15, 0.2) is 95.3 Å². The maximum atomic E-state index is 14.0. The molecule has 7 nitrogen and oxygen atoms in total. The number of nitrogens with one attached hydrogen (secondary N) is 1. The Kier molecular flexibility index (Phi) is 8.67. The molecule has 1 aliphatic carbocycles. The minimum absolute atomic E-state index is 0.00788. The highest BCUT2D eigenvalue weighted by molar-refractivity contribution is 6.04. The fourth-order valence-electron chi connectivity index (χ4n) is 5.79. The molecular formula is C35H37NO6. The van der Waals surface area contributed by atoms with E-state index in [9.17, 15) is 9.59 Å². The number of hydrogen-bond acceptors (Lipinski definition) is 7. The third-order valence-electron chi connectivity index (χ3n) is 7.71. The first kappa shape index (κ1) is 29.0. The summed E-state index contributed by atoms with van der Waals surface area (Å²) in [7, 11) is 3.20. The molecule has 42 heavy (non-hydrogen) atoms. The lowest BCUT2D eigenvalue weighted by molar-refractivity contribution is -0.143. The molecule has 1 heterocycles. The number of ether oxygens (including phenoxy) is 4. The lowest BCUT2D eigenvalue weighted by Crippen LogP contribution is -2.36. The summed E-state index contributed by atoms with van der Waals surface area (Å²) in [5.74, 6) is 0.856. The van der Waals surface area contributed by atoms with Crippen LogP contribution < -0.4 is 19.5 Å². The molecule has 0 aromatic heterocycles. The molecule has 0 saturated heterocycles. The van der Waals surface area contributed by atoms with Gasteiger partial charge in [-0.15, -0.1) is 0 Å². The van der Waals surface area contributed by atoms with Gasteiger partial charge in [-0.2, -0.15) is 0 Å². The molecule has 218 valence electrons. The molecule has 0 bridgehead atoms. The lowest BCUT2D eigenvalue weighted by atomic mass is 9.71. The SMILES string of the molecule is COc1ccc(C2CC(=O)C3=C(C2)NC(C)=C(C(=O)OC(C)C)C3c2cccc(OCc3ccccc3)c2)cc1OC. The zero-order valence-electron chi connectivity index (χ0n) is 24.7. The summed E-state index contributed by atoms with van der Waals surface area (Å²) in [4.78, 5) is 27.5. The summed E-state index contributed by atoms with van der Waals surface area (Å²) in [5.41, 5.74) is 5.41. The first-order valence-electron chi connectivity index (χ1n) is 14.2. The molecule has 0 saturated carbocycles. The fraction of sp³-hybridized carbons (Fsp3) is 0.314. The van der Waals surface area contributed by atoms with E-state index < -0.39 is 11.9 Å². The number of benzene rings is 3. The third-order valence-corrected chi connectivity index (χ3v) is 7.71. The largest absolute Gasteiger partial charge is 0.493 e. The fourth-order valence-corrected chi connectivity index (χ4v) is 5.79. The molecule has 0 spiro atoms. The van der Waals surface area contributed by atoms with Gasteiger partial charge in [0.25, 0.3) is 0 Å². The Morgan fingerprint density at radius 1 is 0.905 bits per heavy atom. The van der Waals surface area contributed by atoms with Crippen molar-refractivity contribution in [3.63, 3.8) is 0 Å². The minimum Gasteiger partial charge on any atom is -0.493 e. The Labute approximate surface area is 247 Å². The first-order chi connectivity index (χ1) is 20.3. The number of allylic oxidation sites excluding steroid dienone is 3. The maximum absolute atomic E-state index is 14.0. The third kappa shape index (κ3) is 6.05. The standard InChI is InChI=1S/C35H37NO6/c1-21(2)42-35(38)32-22(3)36-28-17-26(24-14-15-30(39-4)31(19-24)40-5)18-29(37)34(28)33(32)25-12-9-13-27(16-25)41-20-23-10-7-6-8-11-23/h6-16,19,21,26,33,36H,17-18,20H2,1-5H3. The summed E-state index contributed by atoms with van der Waals surface area (Å²) in [6, 6.07) is 23.4. The van der Waals surface area contributed by atoms with Crippen LogP contribution in [0.4, 0.5) is 0 Å². The molecule has 2 atom stereocenters. The van der Waals surface area contributed by atoms with Crippen molar-refractivity contribution >= 4 is 11.8 Å². The van der Waals surface area contributed by atoms with Crippen molar-refractivity contribution < 1.29 is 28.5 Å². The highest BCUT2D eigenvalue weighted by Gasteiger charge is 2.41. The molecule has 1 N–H and O–H groups in total. The van der Waals surface area contributed by atoms with E-state index in [0.717, 1.165) is 22.4 Å². The molecule has 0 amide bonds. The predicted octanol–water partition coefficient (Wildman–Crippen LogP) is 6.60. The van der Waals surface area contributed by atoms with Crippen LogP contribution in [-0.4, -0.2) is 32.1 Å². The molecule has 5 rings (SSSR count). The summed E-state index contributed by atoms with van der Waals surface area (Å²) in [5, 5.41) is 3.42. The maximum Gasteiger partial charge on any atom is 0.337 e. The van der Waals surface area contributed by atoms with E-state index in [4.69, 9.17) is 18.9 Å². The van der Waals surface area contributed by atoms with Gasteiger partial charge in [-0.1, -0.05) is 48.5 Å². The monoisotopic (exact) mass is 567 g/mol. The summed E-state index contributed by atoms with van der Waals surface area (Å²) in [6.45, 7) is 5.92. The second-order valence-electron chi connectivity index (χ2n) is 10.9. The Hall–Kier alpha value is -4.52. The Bertz CT molecular complexity index is 1540. The summed E-state index contributed by atoms with van der Waals surface area (Å²) in [6.07, 6.45) is 0.620. The topological polar surface area (TPSA) is 83.1 Å². The Morgan fingerprint density at radius 2 is 1.67 bits per heavy atom. The van der Waals surface area contributed by atoms with Crippen LogP contribution in [0.25, 0.3) is 0 Å². The van der Waals surface area contributed by atoms with Crippen molar-refractivity contribution in [2.75, 3.05) is 14.2 Å². The van der Waals surface area contributed by atoms with E-state index >= 15 is 0 Å². The van der Waals surface area contributed by atoms with Crippen LogP contribution in [0, 0.1) is 0 Å². The van der Waals surface area contributed by atoms with Gasteiger partial charge in [0.15, 0.2) is 17.3 Å². The minimum atomic E-state index is -0.577. The Balaban J connectivity index is 1.52. The zero-order valence-corrected chi connectivity index (χ0v) is 24.7. The average Bonchev–Trinajstić information content (AvgIpc) is 2.99. The average molecular weight is 568 g/mol. The summed E-state index contributed by atoms with van der Waals surface area (Å²) < 4.78 is 22.7. The quantitative estimate of drug-likeness (QED) is 0.292. The molecule has 2 aliphatic rings. The number of esters is 1. The van der Waals surface area contributed by atoms with Crippen molar-refractivity contribution in [1.82, 2.24) is 5.32 Å². The van der Waals surface area contributed by atoms with Gasteiger partial charge in [-0.3, -0.25) is 4.79 Å². The number of methoxy groups -OCH3 is 2. The van der Waals surface area contributed by atoms with Gasteiger partial charge in [0.2, 0.25) is 0 Å². The van der Waals surface area contributed by atoms with Crippen LogP contribution in [0.1, 0.15) is 62.1 Å². The molecule has 3 aromatic carbocycles. The Morgan fingerprint density at radius 3 is 2.38 bits per heavy atom. The number of Topliss-reactive ketones (excluding diaryl/α,β-unsaturated/α-hetero) is 1. The van der Waals surface area contributed by atoms with E-state index in [1.165, 1.54) is 0 Å². The van der Waals surface area contributed by atoms with Crippen LogP contribution in [0.3, 0.4) is 0 Å². The number of dihydropyridines is 1. The first-order valence-corrected chi connectivity index (χ1v) is 14.2. The van der Waals surface area contributed by atoms with E-state index in [0.29, 0.717) is 53.5 Å². The normalized spacial score (nSPS) is 18.4. The summed E-state index contributed by atoms with van der Waals surface area (Å²) >= 11 is 0. The molecular weight excluding hydrogens is 530 g/mol. The van der Waals surface area contributed by atoms with Crippen molar-refractivity contribution in [2.45, 2.75) is 58.2 Å². The van der Waals surface area contributed by atoms with Gasteiger partial charge >= 0.3 is 5.97 Å². The van der Waals surface area contributed by atoms with Gasteiger partial charge in [0.1, 0.15) is 12.4 Å². The van der Waals surface area contributed by atoms with Gasteiger partial charge in [-0.25, -0.2) is 4.79 Å². The molecule has 3 aromatic rings. The number of ketones is 1. The number of rotatable bonds is 9.